The maximum absolute atomic E-state index is 6.13. The van der Waals surface area contributed by atoms with Crippen LogP contribution in [0, 0.1) is 0 Å². The van der Waals surface area contributed by atoms with Crippen LogP contribution in [0.3, 0.4) is 0 Å². The van der Waals surface area contributed by atoms with Gasteiger partial charge >= 0.3 is 0 Å². The fourth-order valence-corrected chi connectivity index (χ4v) is 4.68. The fraction of sp³-hybridized carbons (Fsp3) is 0.200. The first-order valence-corrected chi connectivity index (χ1v) is 9.31. The second kappa shape index (κ2) is 5.97. The maximum atomic E-state index is 6.13. The van der Waals surface area contributed by atoms with Crippen molar-refractivity contribution in [2.45, 2.75) is 25.7 Å². The van der Waals surface area contributed by atoms with Crippen molar-refractivity contribution in [1.29, 1.82) is 0 Å². The highest BCUT2D eigenvalue weighted by Gasteiger charge is 2.32. The molecule has 0 atom stereocenters. The zero-order valence-electron chi connectivity index (χ0n) is 14.1. The number of aromatic nitrogens is 2. The van der Waals surface area contributed by atoms with Crippen LogP contribution in [0.5, 0.6) is 0 Å². The molecule has 3 nitrogen and oxygen atoms in total. The van der Waals surface area contributed by atoms with Gasteiger partial charge in [0.25, 0.3) is 0 Å². The van der Waals surface area contributed by atoms with Crippen molar-refractivity contribution in [2.24, 2.45) is 0 Å². The minimum atomic E-state index is 0.0432. The Balaban J connectivity index is 1.80. The molecule has 126 valence electrons. The molecule has 0 saturated carbocycles. The van der Waals surface area contributed by atoms with Crippen LogP contribution in [-0.4, -0.2) is 9.97 Å². The van der Waals surface area contributed by atoms with E-state index in [-0.39, 0.29) is 5.41 Å². The zero-order valence-corrected chi connectivity index (χ0v) is 15.7. The van der Waals surface area contributed by atoms with Gasteiger partial charge in [-0.2, -0.15) is 0 Å². The highest BCUT2D eigenvalue weighted by molar-refractivity contribution is 7.19. The number of hydrogen-bond donors (Lipinski definition) is 1. The molecule has 1 aromatic carbocycles. The molecule has 0 unspecified atom stereocenters. The third-order valence-electron chi connectivity index (χ3n) is 4.50. The molecule has 0 amide bonds. The Morgan fingerprint density at radius 2 is 1.92 bits per heavy atom. The molecule has 0 bridgehead atoms. The molecule has 0 saturated heterocycles. The zero-order chi connectivity index (χ0) is 17.6. The smallest absolute Gasteiger partial charge is 0.136 e. The van der Waals surface area contributed by atoms with Gasteiger partial charge in [-0.3, -0.25) is 0 Å². The van der Waals surface area contributed by atoms with E-state index in [9.17, 15) is 0 Å². The van der Waals surface area contributed by atoms with Crippen LogP contribution in [0.1, 0.15) is 36.3 Å². The van der Waals surface area contributed by atoms with E-state index in [1.165, 1.54) is 22.3 Å². The van der Waals surface area contributed by atoms with Crippen LogP contribution in [0.25, 0.3) is 22.4 Å². The van der Waals surface area contributed by atoms with Crippen molar-refractivity contribution in [1.82, 2.24) is 9.97 Å². The van der Waals surface area contributed by atoms with E-state index in [1.807, 2.05) is 24.3 Å². The van der Waals surface area contributed by atoms with E-state index in [0.29, 0.717) is 5.82 Å². The average molecular weight is 368 g/mol. The van der Waals surface area contributed by atoms with Crippen molar-refractivity contribution in [3.63, 3.8) is 0 Å². The van der Waals surface area contributed by atoms with Crippen LogP contribution in [0.15, 0.2) is 42.2 Å². The number of halogens is 1. The average Bonchev–Trinajstić information content (AvgIpc) is 2.95. The van der Waals surface area contributed by atoms with Gasteiger partial charge in [-0.1, -0.05) is 49.7 Å². The van der Waals surface area contributed by atoms with E-state index in [0.717, 1.165) is 27.2 Å². The molecule has 2 aromatic heterocycles. The molecule has 4 rings (SSSR count). The molecule has 0 fully saturated rings. The van der Waals surface area contributed by atoms with Crippen LogP contribution < -0.4 is 5.73 Å². The lowest BCUT2D eigenvalue weighted by atomic mass is 9.77. The van der Waals surface area contributed by atoms with Gasteiger partial charge in [0, 0.05) is 20.9 Å². The molecule has 1 aliphatic rings. The minimum absolute atomic E-state index is 0.0432. The van der Waals surface area contributed by atoms with E-state index >= 15 is 0 Å². The largest absolute Gasteiger partial charge is 0.383 e. The second-order valence-corrected chi connectivity index (χ2v) is 8.38. The van der Waals surface area contributed by atoms with Crippen molar-refractivity contribution >= 4 is 51.1 Å². The van der Waals surface area contributed by atoms with Crippen LogP contribution in [-0.2, 0) is 5.41 Å². The Kier molecular flexibility index (Phi) is 3.89. The number of fused-ring (bicyclic) bond motifs is 3. The molecule has 2 heterocycles. The van der Waals surface area contributed by atoms with E-state index in [2.05, 4.69) is 42.0 Å². The summed E-state index contributed by atoms with van der Waals surface area (Å²) in [6.45, 7) is 4.54. The number of rotatable bonds is 2. The molecule has 5 heteroatoms. The Bertz CT molecular complexity index is 1010. The lowest BCUT2D eigenvalue weighted by Crippen LogP contribution is -2.20. The van der Waals surface area contributed by atoms with Gasteiger partial charge in [0.05, 0.1) is 5.39 Å². The SMILES string of the molecule is CC1(C)CC(/C=C/c2ccc(Cl)cc2)=Cc2c1sc1ncnc(N)c21. The summed E-state index contributed by atoms with van der Waals surface area (Å²) in [6.07, 6.45) is 9.04. The summed E-state index contributed by atoms with van der Waals surface area (Å²) in [5.74, 6) is 0.553. The summed E-state index contributed by atoms with van der Waals surface area (Å²) in [4.78, 5) is 10.9. The third-order valence-corrected chi connectivity index (χ3v) is 6.24. The molecule has 2 N–H and O–H groups in total. The van der Waals surface area contributed by atoms with Gasteiger partial charge in [-0.05, 0) is 35.8 Å². The summed E-state index contributed by atoms with van der Waals surface area (Å²) < 4.78 is 0. The number of thiophene rings is 1. The Morgan fingerprint density at radius 1 is 1.16 bits per heavy atom. The fourth-order valence-electron chi connectivity index (χ4n) is 3.33. The number of hydrogen-bond acceptors (Lipinski definition) is 4. The van der Waals surface area contributed by atoms with Gasteiger partial charge in [0.1, 0.15) is 17.0 Å². The number of allylic oxidation sites excluding steroid dienone is 2. The third kappa shape index (κ3) is 2.96. The van der Waals surface area contributed by atoms with Crippen LogP contribution in [0.2, 0.25) is 5.02 Å². The quantitative estimate of drug-likeness (QED) is 0.631. The predicted molar refractivity (Wildman–Crippen MR) is 108 cm³/mol. The summed E-state index contributed by atoms with van der Waals surface area (Å²) >= 11 is 7.68. The molecule has 0 aliphatic heterocycles. The predicted octanol–water partition coefficient (Wildman–Crippen LogP) is 5.71. The highest BCUT2D eigenvalue weighted by atomic mass is 35.5. The van der Waals surface area contributed by atoms with Gasteiger partial charge in [0.15, 0.2) is 0 Å². The maximum Gasteiger partial charge on any atom is 0.136 e. The van der Waals surface area contributed by atoms with Gasteiger partial charge < -0.3 is 5.73 Å². The van der Waals surface area contributed by atoms with Gasteiger partial charge in [-0.15, -0.1) is 11.3 Å². The lowest BCUT2D eigenvalue weighted by molar-refractivity contribution is 0.531. The van der Waals surface area contributed by atoms with Crippen LogP contribution >= 0.6 is 22.9 Å². The Morgan fingerprint density at radius 3 is 2.68 bits per heavy atom. The number of nitrogens with two attached hydrogens (primary N) is 1. The van der Waals surface area contributed by atoms with Crippen molar-refractivity contribution in [3.8, 4) is 0 Å². The molecule has 25 heavy (non-hydrogen) atoms. The van der Waals surface area contributed by atoms with Crippen molar-refractivity contribution < 1.29 is 0 Å². The van der Waals surface area contributed by atoms with E-state index < -0.39 is 0 Å². The second-order valence-electron chi connectivity index (χ2n) is 6.95. The monoisotopic (exact) mass is 367 g/mol. The first-order valence-electron chi connectivity index (χ1n) is 8.12. The van der Waals surface area contributed by atoms with E-state index in [1.54, 1.807) is 11.3 Å². The summed E-state index contributed by atoms with van der Waals surface area (Å²) in [5.41, 5.74) is 9.75. The number of nitrogen functional groups attached to an aromatic ring is 1. The van der Waals surface area contributed by atoms with Gasteiger partial charge in [-0.25, -0.2) is 9.97 Å². The standard InChI is InChI=1S/C20H18ClN3S/c1-20(2)10-13(4-3-12-5-7-14(21)8-6-12)9-15-16-18(22)23-11-24-19(16)25-17(15)20/h3-9,11H,10H2,1-2H3,(H2,22,23,24)/b4-3+. The lowest BCUT2D eigenvalue weighted by Gasteiger charge is -2.29. The number of anilines is 1. The minimum Gasteiger partial charge on any atom is -0.383 e. The normalized spacial score (nSPS) is 16.2. The number of benzene rings is 1. The molecular weight excluding hydrogens is 350 g/mol. The Hall–Kier alpha value is -2.17. The van der Waals surface area contributed by atoms with Crippen molar-refractivity contribution in [3.05, 3.63) is 63.3 Å². The number of nitrogens with zero attached hydrogens (tertiary/aromatic N) is 2. The van der Waals surface area contributed by atoms with Gasteiger partial charge in [0.2, 0.25) is 0 Å². The molecule has 3 aromatic rings. The highest BCUT2D eigenvalue weighted by Crippen LogP contribution is 2.47. The molecule has 0 radical (unpaired) electrons. The summed E-state index contributed by atoms with van der Waals surface area (Å²) in [5, 5.41) is 1.73. The first-order chi connectivity index (χ1) is 11.9. The molecule has 1 aliphatic carbocycles. The first kappa shape index (κ1) is 16.3. The Labute approximate surface area is 155 Å². The summed E-state index contributed by atoms with van der Waals surface area (Å²) in [7, 11) is 0. The molecule has 0 spiro atoms. The van der Waals surface area contributed by atoms with Crippen LogP contribution in [0.4, 0.5) is 5.82 Å². The van der Waals surface area contributed by atoms with E-state index in [4.69, 9.17) is 17.3 Å². The topological polar surface area (TPSA) is 51.8 Å². The summed E-state index contributed by atoms with van der Waals surface area (Å²) in [6, 6.07) is 7.85. The molecular formula is C20H18ClN3S. The van der Waals surface area contributed by atoms with Crippen molar-refractivity contribution in [2.75, 3.05) is 5.73 Å².